The first kappa shape index (κ1) is 11.8. The van der Waals surface area contributed by atoms with Crippen molar-refractivity contribution in [3.05, 3.63) is 18.2 Å². The minimum atomic E-state index is -0.413. The highest BCUT2D eigenvalue weighted by atomic mass is 19.1. The molecule has 0 spiro atoms. The van der Waals surface area contributed by atoms with Gasteiger partial charge >= 0.3 is 0 Å². The highest BCUT2D eigenvalue weighted by molar-refractivity contribution is 5.22. The average molecular weight is 212 g/mol. The van der Waals surface area contributed by atoms with Crippen LogP contribution in [-0.4, -0.2) is 41.0 Å². The zero-order valence-corrected chi connectivity index (χ0v) is 9.20. The standard InChI is InChI=1S/C10H17FN4/c1-3-15(4-2)6-5-12-10-13-7-9(11)8-14-10/h7-8H,3-6H2,1-2H3,(H,12,13,14). The van der Waals surface area contributed by atoms with Crippen molar-refractivity contribution < 1.29 is 4.39 Å². The minimum absolute atomic E-state index is 0.413. The Morgan fingerprint density at radius 1 is 1.27 bits per heavy atom. The predicted octanol–water partition coefficient (Wildman–Crippen LogP) is 1.37. The zero-order chi connectivity index (χ0) is 11.1. The lowest BCUT2D eigenvalue weighted by atomic mass is 10.4. The topological polar surface area (TPSA) is 41.0 Å². The molecule has 4 nitrogen and oxygen atoms in total. The van der Waals surface area contributed by atoms with Gasteiger partial charge < -0.3 is 10.2 Å². The van der Waals surface area contributed by atoms with Gasteiger partial charge in [-0.15, -0.1) is 0 Å². The van der Waals surface area contributed by atoms with Crippen LogP contribution in [0.15, 0.2) is 12.4 Å². The first-order valence-corrected chi connectivity index (χ1v) is 5.20. The summed E-state index contributed by atoms with van der Waals surface area (Å²) in [5.74, 6) is 0.0628. The second kappa shape index (κ2) is 6.29. The Hall–Kier alpha value is -1.23. The van der Waals surface area contributed by atoms with Crippen molar-refractivity contribution in [3.63, 3.8) is 0 Å². The van der Waals surface area contributed by atoms with Crippen LogP contribution in [0, 0.1) is 5.82 Å². The lowest BCUT2D eigenvalue weighted by molar-refractivity contribution is 0.316. The Kier molecular flexibility index (Phi) is 4.97. The van der Waals surface area contributed by atoms with E-state index in [1.54, 1.807) is 0 Å². The molecule has 1 aromatic rings. The number of anilines is 1. The van der Waals surface area contributed by atoms with Crippen LogP contribution < -0.4 is 5.32 Å². The number of hydrogen-bond donors (Lipinski definition) is 1. The van der Waals surface area contributed by atoms with E-state index in [0.29, 0.717) is 5.95 Å². The molecule has 0 aliphatic rings. The number of aromatic nitrogens is 2. The quantitative estimate of drug-likeness (QED) is 0.773. The fourth-order valence-corrected chi connectivity index (χ4v) is 1.27. The fraction of sp³-hybridized carbons (Fsp3) is 0.600. The molecule has 1 N–H and O–H groups in total. The highest BCUT2D eigenvalue weighted by Crippen LogP contribution is 1.97. The number of hydrogen-bond acceptors (Lipinski definition) is 4. The average Bonchev–Trinajstić information content (AvgIpc) is 2.27. The summed E-state index contributed by atoms with van der Waals surface area (Å²) < 4.78 is 12.5. The Morgan fingerprint density at radius 2 is 1.87 bits per heavy atom. The molecular weight excluding hydrogens is 195 g/mol. The van der Waals surface area contributed by atoms with Crippen molar-refractivity contribution in [2.75, 3.05) is 31.5 Å². The first-order valence-electron chi connectivity index (χ1n) is 5.20. The maximum absolute atomic E-state index is 12.5. The van der Waals surface area contributed by atoms with E-state index >= 15 is 0 Å². The van der Waals surface area contributed by atoms with Gasteiger partial charge in [0.25, 0.3) is 0 Å². The summed E-state index contributed by atoms with van der Waals surface area (Å²) in [5.41, 5.74) is 0. The number of rotatable bonds is 6. The van der Waals surface area contributed by atoms with Crippen LogP contribution in [0.3, 0.4) is 0 Å². The molecule has 0 saturated heterocycles. The van der Waals surface area contributed by atoms with E-state index in [4.69, 9.17) is 0 Å². The van der Waals surface area contributed by atoms with Crippen LogP contribution in [0.4, 0.5) is 10.3 Å². The summed E-state index contributed by atoms with van der Waals surface area (Å²) in [4.78, 5) is 9.91. The van der Waals surface area contributed by atoms with Gasteiger partial charge in [-0.2, -0.15) is 0 Å². The smallest absolute Gasteiger partial charge is 0.222 e. The third-order valence-corrected chi connectivity index (χ3v) is 2.23. The van der Waals surface area contributed by atoms with Crippen LogP contribution >= 0.6 is 0 Å². The van der Waals surface area contributed by atoms with E-state index in [1.807, 2.05) is 0 Å². The van der Waals surface area contributed by atoms with Crippen LogP contribution in [-0.2, 0) is 0 Å². The molecule has 0 saturated carbocycles. The monoisotopic (exact) mass is 212 g/mol. The second-order valence-electron chi connectivity index (χ2n) is 3.18. The maximum Gasteiger partial charge on any atom is 0.222 e. The summed E-state index contributed by atoms with van der Waals surface area (Å²) in [6.45, 7) is 8.02. The number of nitrogens with zero attached hydrogens (tertiary/aromatic N) is 3. The van der Waals surface area contributed by atoms with Gasteiger partial charge in [-0.3, -0.25) is 0 Å². The molecule has 1 aromatic heterocycles. The second-order valence-corrected chi connectivity index (χ2v) is 3.18. The Bertz CT molecular complexity index is 271. The molecule has 0 bridgehead atoms. The maximum atomic E-state index is 12.5. The normalized spacial score (nSPS) is 10.7. The van der Waals surface area contributed by atoms with Crippen LogP contribution in [0.2, 0.25) is 0 Å². The molecule has 0 aliphatic carbocycles. The van der Waals surface area contributed by atoms with Crippen molar-refractivity contribution >= 4 is 5.95 Å². The van der Waals surface area contributed by atoms with E-state index in [1.165, 1.54) is 0 Å². The number of halogens is 1. The lowest BCUT2D eigenvalue weighted by Gasteiger charge is -2.17. The number of nitrogens with one attached hydrogen (secondary N) is 1. The van der Waals surface area contributed by atoms with Gasteiger partial charge in [-0.05, 0) is 13.1 Å². The largest absolute Gasteiger partial charge is 0.353 e. The van der Waals surface area contributed by atoms with Crippen molar-refractivity contribution in [2.24, 2.45) is 0 Å². The molecule has 1 rings (SSSR count). The zero-order valence-electron chi connectivity index (χ0n) is 9.20. The van der Waals surface area contributed by atoms with Crippen LogP contribution in [0.25, 0.3) is 0 Å². The molecule has 84 valence electrons. The summed E-state index contributed by atoms with van der Waals surface area (Å²) in [5, 5.41) is 3.04. The molecular formula is C10H17FN4. The molecule has 0 radical (unpaired) electrons. The minimum Gasteiger partial charge on any atom is -0.353 e. The van der Waals surface area contributed by atoms with Crippen LogP contribution in [0.1, 0.15) is 13.8 Å². The summed E-state index contributed by atoms with van der Waals surface area (Å²) in [6.07, 6.45) is 2.32. The molecule has 0 aliphatic heterocycles. The Labute approximate surface area is 89.5 Å². The molecule has 0 amide bonds. The number of likely N-dealkylation sites (N-methyl/N-ethyl adjacent to an activating group) is 1. The fourth-order valence-electron chi connectivity index (χ4n) is 1.27. The van der Waals surface area contributed by atoms with E-state index in [-0.39, 0.29) is 0 Å². The highest BCUT2D eigenvalue weighted by Gasteiger charge is 1.99. The summed E-state index contributed by atoms with van der Waals surface area (Å²) in [6, 6.07) is 0. The van der Waals surface area contributed by atoms with E-state index in [9.17, 15) is 4.39 Å². The van der Waals surface area contributed by atoms with Gasteiger partial charge in [-0.1, -0.05) is 13.8 Å². The van der Waals surface area contributed by atoms with E-state index in [0.717, 1.165) is 38.6 Å². The Morgan fingerprint density at radius 3 is 2.40 bits per heavy atom. The lowest BCUT2D eigenvalue weighted by Crippen LogP contribution is -2.28. The SMILES string of the molecule is CCN(CC)CCNc1ncc(F)cn1. The van der Waals surface area contributed by atoms with Gasteiger partial charge in [0, 0.05) is 13.1 Å². The Balaban J connectivity index is 2.28. The summed E-state index contributed by atoms with van der Waals surface area (Å²) in [7, 11) is 0. The molecule has 0 fully saturated rings. The van der Waals surface area contributed by atoms with Gasteiger partial charge in [0.15, 0.2) is 5.82 Å². The van der Waals surface area contributed by atoms with Crippen LogP contribution in [0.5, 0.6) is 0 Å². The third kappa shape index (κ3) is 4.20. The van der Waals surface area contributed by atoms with E-state index in [2.05, 4.69) is 34.0 Å². The molecule has 0 aromatic carbocycles. The van der Waals surface area contributed by atoms with Crippen molar-refractivity contribution in [1.29, 1.82) is 0 Å². The molecule has 1 heterocycles. The molecule has 15 heavy (non-hydrogen) atoms. The molecule has 0 atom stereocenters. The van der Waals surface area contributed by atoms with Crippen molar-refractivity contribution in [3.8, 4) is 0 Å². The van der Waals surface area contributed by atoms with Gasteiger partial charge in [0.2, 0.25) is 5.95 Å². The van der Waals surface area contributed by atoms with Gasteiger partial charge in [-0.25, -0.2) is 14.4 Å². The van der Waals surface area contributed by atoms with Crippen molar-refractivity contribution in [1.82, 2.24) is 14.9 Å². The van der Waals surface area contributed by atoms with Gasteiger partial charge in [0.1, 0.15) is 0 Å². The van der Waals surface area contributed by atoms with E-state index < -0.39 is 5.82 Å². The van der Waals surface area contributed by atoms with Crippen molar-refractivity contribution in [2.45, 2.75) is 13.8 Å². The first-order chi connectivity index (χ1) is 7.26. The predicted molar refractivity (Wildman–Crippen MR) is 58.3 cm³/mol. The third-order valence-electron chi connectivity index (χ3n) is 2.23. The van der Waals surface area contributed by atoms with Gasteiger partial charge in [0.05, 0.1) is 12.4 Å². The molecule has 5 heteroatoms. The summed E-state index contributed by atoms with van der Waals surface area (Å²) >= 11 is 0. The molecule has 0 unspecified atom stereocenters.